The van der Waals surface area contributed by atoms with Crippen LogP contribution in [0.2, 0.25) is 10.0 Å². The van der Waals surface area contributed by atoms with E-state index in [9.17, 15) is 18.4 Å². The molecule has 0 bridgehead atoms. The molecule has 1 atom stereocenters. The SMILES string of the molecule is COC(=O)C1=C(C)NC(C)=C(C(=O)OCCN2CCN(C(c3ccc(Cl)cc3)c3ccc(Cl)cc3)CC2)C1c1ccccc1OC(F)F. The highest BCUT2D eigenvalue weighted by Crippen LogP contribution is 2.43. The number of piperazine rings is 1. The lowest BCUT2D eigenvalue weighted by Crippen LogP contribution is -2.48. The van der Waals surface area contributed by atoms with Gasteiger partial charge in [0, 0.05) is 59.7 Å². The molecule has 1 saturated heterocycles. The van der Waals surface area contributed by atoms with Crippen molar-refractivity contribution in [3.05, 3.63) is 122 Å². The van der Waals surface area contributed by atoms with E-state index >= 15 is 0 Å². The molecule has 3 aromatic carbocycles. The Kier molecular flexibility index (Phi) is 11.8. The largest absolute Gasteiger partial charge is 0.466 e. The molecule has 254 valence electrons. The van der Waals surface area contributed by atoms with E-state index in [1.807, 2.05) is 48.5 Å². The van der Waals surface area contributed by atoms with Crippen molar-refractivity contribution >= 4 is 35.1 Å². The molecule has 5 rings (SSSR count). The van der Waals surface area contributed by atoms with Crippen LogP contribution in [-0.4, -0.2) is 74.8 Å². The van der Waals surface area contributed by atoms with Gasteiger partial charge in [0.05, 0.1) is 30.2 Å². The van der Waals surface area contributed by atoms with Gasteiger partial charge in [-0.05, 0) is 55.3 Å². The first-order valence-electron chi connectivity index (χ1n) is 15.5. The van der Waals surface area contributed by atoms with Crippen LogP contribution < -0.4 is 10.1 Å². The Morgan fingerprint density at radius 1 is 0.833 bits per heavy atom. The summed E-state index contributed by atoms with van der Waals surface area (Å²) in [5.41, 5.74) is 3.56. The zero-order valence-electron chi connectivity index (χ0n) is 26.9. The van der Waals surface area contributed by atoms with Gasteiger partial charge in [0.25, 0.3) is 0 Å². The lowest BCUT2D eigenvalue weighted by atomic mass is 9.80. The lowest BCUT2D eigenvalue weighted by molar-refractivity contribution is -0.140. The number of alkyl halides is 2. The zero-order chi connectivity index (χ0) is 34.4. The summed E-state index contributed by atoms with van der Waals surface area (Å²) in [5, 5.41) is 4.41. The Labute approximate surface area is 288 Å². The van der Waals surface area contributed by atoms with Crippen molar-refractivity contribution in [1.82, 2.24) is 15.1 Å². The highest BCUT2D eigenvalue weighted by molar-refractivity contribution is 6.30. The van der Waals surface area contributed by atoms with E-state index in [1.165, 1.54) is 19.2 Å². The summed E-state index contributed by atoms with van der Waals surface area (Å²) in [4.78, 5) is 31.3. The molecule has 1 N–H and O–H groups in total. The Morgan fingerprint density at radius 2 is 1.38 bits per heavy atom. The van der Waals surface area contributed by atoms with Gasteiger partial charge in [0.2, 0.25) is 0 Å². The lowest BCUT2D eigenvalue weighted by Gasteiger charge is -2.39. The van der Waals surface area contributed by atoms with Crippen molar-refractivity contribution in [2.75, 3.05) is 46.4 Å². The van der Waals surface area contributed by atoms with Crippen LogP contribution in [0, 0.1) is 0 Å². The number of methoxy groups -OCH3 is 1. The van der Waals surface area contributed by atoms with E-state index in [1.54, 1.807) is 26.0 Å². The van der Waals surface area contributed by atoms with Crippen molar-refractivity contribution in [3.8, 4) is 5.75 Å². The monoisotopic (exact) mass is 699 g/mol. The number of halogens is 4. The van der Waals surface area contributed by atoms with Crippen LogP contribution in [0.15, 0.2) is 95.3 Å². The van der Waals surface area contributed by atoms with Crippen molar-refractivity contribution < 1.29 is 32.6 Å². The molecule has 0 spiro atoms. The number of benzene rings is 3. The Morgan fingerprint density at radius 3 is 1.92 bits per heavy atom. The van der Waals surface area contributed by atoms with Gasteiger partial charge in [0.15, 0.2) is 0 Å². The van der Waals surface area contributed by atoms with Crippen molar-refractivity contribution in [3.63, 3.8) is 0 Å². The minimum absolute atomic E-state index is 0.0163. The predicted octanol–water partition coefficient (Wildman–Crippen LogP) is 6.95. The first-order valence-corrected chi connectivity index (χ1v) is 16.3. The molecule has 0 aromatic heterocycles. The van der Waals surface area contributed by atoms with E-state index in [2.05, 4.69) is 15.1 Å². The van der Waals surface area contributed by atoms with Gasteiger partial charge in [0.1, 0.15) is 12.4 Å². The van der Waals surface area contributed by atoms with E-state index < -0.39 is 24.5 Å². The van der Waals surface area contributed by atoms with Gasteiger partial charge in [-0.2, -0.15) is 8.78 Å². The number of hydrogen-bond acceptors (Lipinski definition) is 8. The summed E-state index contributed by atoms with van der Waals surface area (Å²) in [5.74, 6) is -2.58. The Balaban J connectivity index is 1.27. The molecule has 3 aromatic rings. The summed E-state index contributed by atoms with van der Waals surface area (Å²) in [6, 6.07) is 21.8. The fourth-order valence-corrected chi connectivity index (χ4v) is 6.62. The second-order valence-electron chi connectivity index (χ2n) is 11.6. The first kappa shape index (κ1) is 35.3. The van der Waals surface area contributed by atoms with Crippen LogP contribution in [0.1, 0.15) is 42.5 Å². The molecule has 12 heteroatoms. The van der Waals surface area contributed by atoms with Gasteiger partial charge in [-0.1, -0.05) is 65.7 Å². The molecule has 8 nitrogen and oxygen atoms in total. The van der Waals surface area contributed by atoms with Gasteiger partial charge in [-0.25, -0.2) is 9.59 Å². The average Bonchev–Trinajstić information content (AvgIpc) is 3.06. The van der Waals surface area contributed by atoms with Crippen molar-refractivity contribution in [2.24, 2.45) is 0 Å². The first-order chi connectivity index (χ1) is 23.1. The van der Waals surface area contributed by atoms with Crippen molar-refractivity contribution in [2.45, 2.75) is 32.4 Å². The molecule has 2 aliphatic rings. The normalized spacial score (nSPS) is 17.5. The van der Waals surface area contributed by atoms with Crippen LogP contribution in [0.25, 0.3) is 0 Å². The second kappa shape index (κ2) is 16.0. The van der Waals surface area contributed by atoms with Crippen molar-refractivity contribution in [1.29, 1.82) is 0 Å². The molecule has 1 unspecified atom stereocenters. The smallest absolute Gasteiger partial charge is 0.387 e. The summed E-state index contributed by atoms with van der Waals surface area (Å²) in [6.45, 7) is 3.84. The average molecular weight is 701 g/mol. The van der Waals surface area contributed by atoms with Gasteiger partial charge < -0.3 is 19.5 Å². The summed E-state index contributed by atoms with van der Waals surface area (Å²) < 4.78 is 42.3. The van der Waals surface area contributed by atoms with Gasteiger partial charge in [-0.3, -0.25) is 9.80 Å². The predicted molar refractivity (Wildman–Crippen MR) is 180 cm³/mol. The molecule has 48 heavy (non-hydrogen) atoms. The molecular weight excluding hydrogens is 663 g/mol. The number of dihydropyridines is 1. The molecular formula is C36H37Cl2F2N3O5. The standard InChI is InChI=1S/C36H37Cl2F2N3O5/c1-22-30(34(44)46-3)32(28-6-4-5-7-29(28)48-36(39)40)31(23(2)41-22)35(45)47-21-20-42-16-18-43(19-17-42)33(24-8-12-26(37)13-9-24)25-10-14-27(38)15-11-25/h4-15,32-33,36,41H,16-21H2,1-3H3. The van der Waals surface area contributed by atoms with E-state index in [0.29, 0.717) is 28.0 Å². The fourth-order valence-electron chi connectivity index (χ4n) is 6.37. The number of rotatable bonds is 11. The second-order valence-corrected chi connectivity index (χ2v) is 12.4. The Hall–Kier alpha value is -3.96. The van der Waals surface area contributed by atoms with Crippen LogP contribution in [0.5, 0.6) is 5.75 Å². The maximum Gasteiger partial charge on any atom is 0.387 e. The summed E-state index contributed by atoms with van der Waals surface area (Å²) in [6.07, 6.45) is 0. The number of hydrogen-bond donors (Lipinski definition) is 1. The number of ether oxygens (including phenoxy) is 3. The molecule has 0 amide bonds. The number of nitrogens with one attached hydrogen (secondary N) is 1. The maximum absolute atomic E-state index is 13.7. The number of para-hydroxylation sites is 1. The number of esters is 2. The molecule has 2 heterocycles. The third-order valence-corrected chi connectivity index (χ3v) is 9.12. The summed E-state index contributed by atoms with van der Waals surface area (Å²) >= 11 is 12.4. The topological polar surface area (TPSA) is 80.3 Å². The third-order valence-electron chi connectivity index (χ3n) is 8.62. The van der Waals surface area contributed by atoms with Crippen LogP contribution >= 0.6 is 23.2 Å². The van der Waals surface area contributed by atoms with Gasteiger partial charge >= 0.3 is 18.6 Å². The highest BCUT2D eigenvalue weighted by atomic mass is 35.5. The summed E-state index contributed by atoms with van der Waals surface area (Å²) in [7, 11) is 1.22. The number of carbonyl (C=O) groups is 2. The van der Waals surface area contributed by atoms with E-state index in [4.69, 9.17) is 37.4 Å². The minimum Gasteiger partial charge on any atom is -0.466 e. The molecule has 1 fully saturated rings. The number of nitrogens with zero attached hydrogens (tertiary/aromatic N) is 2. The highest BCUT2D eigenvalue weighted by Gasteiger charge is 2.39. The quantitative estimate of drug-likeness (QED) is 0.216. The third kappa shape index (κ3) is 8.18. The van der Waals surface area contributed by atoms with Crippen LogP contribution in [-0.2, 0) is 19.1 Å². The molecule has 0 saturated carbocycles. The fraction of sp³-hybridized carbons (Fsp3) is 0.333. The van der Waals surface area contributed by atoms with Gasteiger partial charge in [-0.15, -0.1) is 0 Å². The maximum atomic E-state index is 13.7. The van der Waals surface area contributed by atoms with E-state index in [0.717, 1.165) is 37.3 Å². The zero-order valence-corrected chi connectivity index (χ0v) is 28.4. The van der Waals surface area contributed by atoms with E-state index in [-0.39, 0.29) is 35.1 Å². The molecule has 2 aliphatic heterocycles. The molecule has 0 aliphatic carbocycles. The number of carbonyl (C=O) groups excluding carboxylic acids is 2. The Bertz CT molecular complexity index is 1630. The van der Waals surface area contributed by atoms with Crippen LogP contribution in [0.4, 0.5) is 8.78 Å². The number of allylic oxidation sites excluding steroid dienone is 2. The minimum atomic E-state index is -3.10. The molecule has 0 radical (unpaired) electrons. The van der Waals surface area contributed by atoms with Crippen LogP contribution in [0.3, 0.4) is 0 Å².